The average molecular weight is 233 g/mol. The molecule has 0 aliphatic rings. The summed E-state index contributed by atoms with van der Waals surface area (Å²) in [6, 6.07) is 5.77. The summed E-state index contributed by atoms with van der Waals surface area (Å²) >= 11 is 0. The summed E-state index contributed by atoms with van der Waals surface area (Å²) in [6.07, 6.45) is 0.456. The Morgan fingerprint density at radius 3 is 2.33 bits per heavy atom. The van der Waals surface area contributed by atoms with Crippen molar-refractivity contribution in [2.75, 3.05) is 6.61 Å². The van der Waals surface area contributed by atoms with Crippen LogP contribution in [0, 0.1) is 10.1 Å². The van der Waals surface area contributed by atoms with Crippen molar-refractivity contribution in [3.05, 3.63) is 39.9 Å². The van der Waals surface area contributed by atoms with E-state index in [2.05, 4.69) is 0 Å². The monoisotopic (exact) mass is 232 g/mol. The van der Waals surface area contributed by atoms with Crippen LogP contribution in [0.15, 0.2) is 24.3 Å². The summed E-state index contributed by atoms with van der Waals surface area (Å²) in [7, 11) is 0. The lowest BCUT2D eigenvalue weighted by Crippen LogP contribution is -2.11. The van der Waals surface area contributed by atoms with Gasteiger partial charge in [-0.05, 0) is 12.0 Å². The first-order valence-electron chi connectivity index (χ1n) is 4.26. The zero-order valence-electron chi connectivity index (χ0n) is 8.00. The van der Waals surface area contributed by atoms with Crippen molar-refractivity contribution in [1.29, 1.82) is 0 Å². The Morgan fingerprint density at radius 1 is 1.40 bits per heavy atom. The Hall–Kier alpha value is -1.17. The second kappa shape index (κ2) is 6.34. The standard InChI is InChI=1S/C9H12N2O3.ClH/c10-9(5-6-12)7-1-3-8(4-2-7)11(13)14;/h1-4,9,12H,5-6,10H2;1H. The van der Waals surface area contributed by atoms with Crippen molar-refractivity contribution >= 4 is 18.1 Å². The van der Waals surface area contributed by atoms with Crippen LogP contribution in [0.1, 0.15) is 18.0 Å². The van der Waals surface area contributed by atoms with Crippen LogP contribution in [0.3, 0.4) is 0 Å². The number of halogens is 1. The second-order valence-corrected chi connectivity index (χ2v) is 2.97. The van der Waals surface area contributed by atoms with E-state index >= 15 is 0 Å². The number of benzene rings is 1. The molecule has 0 amide bonds. The molecule has 1 rings (SSSR count). The fraction of sp³-hybridized carbons (Fsp3) is 0.333. The molecule has 0 aliphatic carbocycles. The number of non-ortho nitro benzene ring substituents is 1. The van der Waals surface area contributed by atoms with Crippen molar-refractivity contribution in [3.63, 3.8) is 0 Å². The summed E-state index contributed by atoms with van der Waals surface area (Å²) in [6.45, 7) is 0.0121. The lowest BCUT2D eigenvalue weighted by atomic mass is 10.1. The summed E-state index contributed by atoms with van der Waals surface area (Å²) in [5.41, 5.74) is 6.54. The van der Waals surface area contributed by atoms with Gasteiger partial charge in [0.15, 0.2) is 0 Å². The molecule has 1 aromatic carbocycles. The Bertz CT molecular complexity index is 316. The molecule has 1 aromatic rings. The highest BCUT2D eigenvalue weighted by atomic mass is 35.5. The van der Waals surface area contributed by atoms with Crippen molar-refractivity contribution in [1.82, 2.24) is 0 Å². The molecule has 0 heterocycles. The maximum atomic E-state index is 10.3. The van der Waals surface area contributed by atoms with Gasteiger partial charge in [0, 0.05) is 24.8 Å². The number of nitro benzene ring substituents is 1. The van der Waals surface area contributed by atoms with Gasteiger partial charge >= 0.3 is 0 Å². The van der Waals surface area contributed by atoms with Crippen LogP contribution in [-0.4, -0.2) is 16.6 Å². The Morgan fingerprint density at radius 2 is 1.93 bits per heavy atom. The molecule has 5 nitrogen and oxygen atoms in total. The Kier molecular flexibility index (Phi) is 5.84. The van der Waals surface area contributed by atoms with E-state index in [0.29, 0.717) is 6.42 Å². The maximum absolute atomic E-state index is 10.3. The molecule has 0 bridgehead atoms. The van der Waals surface area contributed by atoms with Gasteiger partial charge < -0.3 is 10.8 Å². The predicted molar refractivity (Wildman–Crippen MR) is 59.0 cm³/mol. The van der Waals surface area contributed by atoms with Crippen LogP contribution in [0.4, 0.5) is 5.69 Å². The van der Waals surface area contributed by atoms with Crippen molar-refractivity contribution < 1.29 is 10.0 Å². The fourth-order valence-electron chi connectivity index (χ4n) is 1.15. The van der Waals surface area contributed by atoms with E-state index < -0.39 is 4.92 Å². The highest BCUT2D eigenvalue weighted by Gasteiger charge is 2.08. The van der Waals surface area contributed by atoms with Crippen LogP contribution >= 0.6 is 12.4 Å². The number of nitro groups is 1. The quantitative estimate of drug-likeness (QED) is 0.607. The summed E-state index contributed by atoms with van der Waals surface area (Å²) < 4.78 is 0. The lowest BCUT2D eigenvalue weighted by Gasteiger charge is -2.09. The lowest BCUT2D eigenvalue weighted by molar-refractivity contribution is -0.384. The molecular formula is C9H13ClN2O3. The molecule has 0 aromatic heterocycles. The SMILES string of the molecule is Cl.NC(CCO)c1ccc([N+](=O)[O-])cc1. The van der Waals surface area contributed by atoms with E-state index in [-0.39, 0.29) is 30.7 Å². The number of aliphatic hydroxyl groups excluding tert-OH is 1. The minimum absolute atomic E-state index is 0. The molecule has 1 atom stereocenters. The predicted octanol–water partition coefficient (Wildman–Crippen LogP) is 1.40. The molecule has 15 heavy (non-hydrogen) atoms. The first-order chi connectivity index (χ1) is 6.65. The van der Waals surface area contributed by atoms with E-state index in [0.717, 1.165) is 5.56 Å². The summed E-state index contributed by atoms with van der Waals surface area (Å²) in [5.74, 6) is 0. The minimum Gasteiger partial charge on any atom is -0.396 e. The van der Waals surface area contributed by atoms with E-state index in [1.807, 2.05) is 0 Å². The van der Waals surface area contributed by atoms with E-state index in [1.54, 1.807) is 12.1 Å². The highest BCUT2D eigenvalue weighted by Crippen LogP contribution is 2.17. The summed E-state index contributed by atoms with van der Waals surface area (Å²) in [4.78, 5) is 9.89. The van der Waals surface area contributed by atoms with Crippen LogP contribution in [0.2, 0.25) is 0 Å². The molecule has 6 heteroatoms. The van der Waals surface area contributed by atoms with Crippen molar-refractivity contribution in [2.45, 2.75) is 12.5 Å². The molecular weight excluding hydrogens is 220 g/mol. The van der Waals surface area contributed by atoms with Crippen molar-refractivity contribution in [3.8, 4) is 0 Å². The van der Waals surface area contributed by atoms with Crippen LogP contribution < -0.4 is 5.73 Å². The van der Waals surface area contributed by atoms with E-state index in [4.69, 9.17) is 10.8 Å². The van der Waals surface area contributed by atoms with Crippen LogP contribution in [0.5, 0.6) is 0 Å². The first kappa shape index (κ1) is 13.8. The molecule has 0 fully saturated rings. The maximum Gasteiger partial charge on any atom is 0.269 e. The first-order valence-corrected chi connectivity index (χ1v) is 4.26. The number of nitrogens with zero attached hydrogens (tertiary/aromatic N) is 1. The van der Waals surface area contributed by atoms with Crippen LogP contribution in [-0.2, 0) is 0 Å². The van der Waals surface area contributed by atoms with Gasteiger partial charge in [-0.25, -0.2) is 0 Å². The molecule has 3 N–H and O–H groups in total. The number of hydrogen-bond acceptors (Lipinski definition) is 4. The highest BCUT2D eigenvalue weighted by molar-refractivity contribution is 5.85. The molecule has 0 radical (unpaired) electrons. The summed E-state index contributed by atoms with van der Waals surface area (Å²) in [5, 5.41) is 19.0. The number of aliphatic hydroxyl groups is 1. The van der Waals surface area contributed by atoms with Gasteiger partial charge in [-0.2, -0.15) is 0 Å². The molecule has 0 saturated carbocycles. The van der Waals surface area contributed by atoms with Gasteiger partial charge in [-0.15, -0.1) is 12.4 Å². The normalized spacial score (nSPS) is 11.6. The zero-order chi connectivity index (χ0) is 10.6. The second-order valence-electron chi connectivity index (χ2n) is 2.97. The smallest absolute Gasteiger partial charge is 0.269 e. The average Bonchev–Trinajstić information content (AvgIpc) is 2.18. The zero-order valence-corrected chi connectivity index (χ0v) is 8.81. The Balaban J connectivity index is 0.00000196. The molecule has 0 aliphatic heterocycles. The van der Waals surface area contributed by atoms with Gasteiger partial charge in [0.2, 0.25) is 0 Å². The van der Waals surface area contributed by atoms with Gasteiger partial charge in [0.25, 0.3) is 5.69 Å². The fourth-order valence-corrected chi connectivity index (χ4v) is 1.15. The Labute approximate surface area is 93.5 Å². The molecule has 0 saturated heterocycles. The number of nitrogens with two attached hydrogens (primary N) is 1. The third-order valence-corrected chi connectivity index (χ3v) is 1.97. The van der Waals surface area contributed by atoms with Gasteiger partial charge in [0.1, 0.15) is 0 Å². The third-order valence-electron chi connectivity index (χ3n) is 1.97. The third kappa shape index (κ3) is 3.83. The van der Waals surface area contributed by atoms with E-state index in [9.17, 15) is 10.1 Å². The molecule has 0 spiro atoms. The van der Waals surface area contributed by atoms with Gasteiger partial charge in [-0.3, -0.25) is 10.1 Å². The largest absolute Gasteiger partial charge is 0.396 e. The molecule has 84 valence electrons. The van der Waals surface area contributed by atoms with E-state index in [1.165, 1.54) is 12.1 Å². The van der Waals surface area contributed by atoms with Gasteiger partial charge in [-0.1, -0.05) is 12.1 Å². The molecule has 1 unspecified atom stereocenters. The number of hydrogen-bond donors (Lipinski definition) is 2. The van der Waals surface area contributed by atoms with Crippen LogP contribution in [0.25, 0.3) is 0 Å². The minimum atomic E-state index is -0.457. The van der Waals surface area contributed by atoms with Gasteiger partial charge in [0.05, 0.1) is 4.92 Å². The number of rotatable bonds is 4. The van der Waals surface area contributed by atoms with Crippen molar-refractivity contribution in [2.24, 2.45) is 5.73 Å². The topological polar surface area (TPSA) is 89.4 Å².